The van der Waals surface area contributed by atoms with Crippen molar-refractivity contribution in [2.75, 3.05) is 13.4 Å². The van der Waals surface area contributed by atoms with Gasteiger partial charge < -0.3 is 19.9 Å². The fraction of sp³-hybridized carbons (Fsp3) is 0.643. The van der Waals surface area contributed by atoms with Crippen LogP contribution in [0.3, 0.4) is 0 Å². The minimum absolute atomic E-state index is 0.0338. The average molecular weight is 267 g/mol. The summed E-state index contributed by atoms with van der Waals surface area (Å²) in [5, 5.41) is 12.2. The molecule has 19 heavy (non-hydrogen) atoms. The first-order valence-electron chi connectivity index (χ1n) is 6.68. The fourth-order valence-corrected chi connectivity index (χ4v) is 2.32. The Bertz CT molecular complexity index is 400. The van der Waals surface area contributed by atoms with Crippen molar-refractivity contribution in [2.24, 2.45) is 11.8 Å². The van der Waals surface area contributed by atoms with Gasteiger partial charge in [0.05, 0.1) is 18.6 Å². The number of nitrogens with one attached hydrogen (secondary N) is 1. The summed E-state index contributed by atoms with van der Waals surface area (Å²) in [7, 11) is 0. The monoisotopic (exact) mass is 267 g/mol. The van der Waals surface area contributed by atoms with E-state index >= 15 is 0 Å². The van der Waals surface area contributed by atoms with E-state index in [1.54, 1.807) is 6.08 Å². The van der Waals surface area contributed by atoms with E-state index in [0.29, 0.717) is 12.3 Å². The third-order valence-corrected chi connectivity index (χ3v) is 3.27. The van der Waals surface area contributed by atoms with Crippen molar-refractivity contribution >= 4 is 5.91 Å². The minimum Gasteiger partial charge on any atom is -0.458 e. The van der Waals surface area contributed by atoms with E-state index in [1.807, 2.05) is 6.08 Å². The molecule has 0 spiro atoms. The minimum atomic E-state index is -0.248. The SMILES string of the molecule is CC(C)C[C@H](CO)NC(=O)C1C=CC2=C(C1)OCO2. The topological polar surface area (TPSA) is 67.8 Å². The van der Waals surface area contributed by atoms with Gasteiger partial charge >= 0.3 is 0 Å². The number of carbonyl (C=O) groups is 1. The summed E-state index contributed by atoms with van der Waals surface area (Å²) in [6.07, 6.45) is 4.91. The smallest absolute Gasteiger partial charge is 0.230 e. The fourth-order valence-electron chi connectivity index (χ4n) is 2.32. The molecule has 2 aliphatic rings. The molecule has 2 rings (SSSR count). The van der Waals surface area contributed by atoms with E-state index in [1.165, 1.54) is 0 Å². The Hall–Kier alpha value is -1.49. The standard InChI is InChI=1S/C14H21NO4/c1-9(2)5-11(7-16)15-14(17)10-3-4-12-13(6-10)19-8-18-12/h3-4,9-11,16H,5-8H2,1-2H3,(H,15,17)/t10?,11-/m1/s1. The van der Waals surface area contributed by atoms with Crippen molar-refractivity contribution in [3.63, 3.8) is 0 Å². The molecule has 0 aromatic carbocycles. The molecule has 5 heteroatoms. The Balaban J connectivity index is 1.89. The first-order chi connectivity index (χ1) is 9.10. The van der Waals surface area contributed by atoms with E-state index in [2.05, 4.69) is 19.2 Å². The molecule has 0 bridgehead atoms. The summed E-state index contributed by atoms with van der Waals surface area (Å²) in [5.74, 6) is 1.58. The first kappa shape index (κ1) is 13.9. The quantitative estimate of drug-likeness (QED) is 0.788. The van der Waals surface area contributed by atoms with Gasteiger partial charge in [-0.15, -0.1) is 0 Å². The number of rotatable bonds is 5. The summed E-state index contributed by atoms with van der Waals surface area (Å²) >= 11 is 0. The molecule has 106 valence electrons. The van der Waals surface area contributed by atoms with Gasteiger partial charge in [0.1, 0.15) is 5.76 Å². The maximum absolute atomic E-state index is 12.1. The molecule has 0 fully saturated rings. The number of ether oxygens (including phenoxy) is 2. The van der Waals surface area contributed by atoms with E-state index in [9.17, 15) is 9.90 Å². The Morgan fingerprint density at radius 1 is 1.53 bits per heavy atom. The zero-order valence-electron chi connectivity index (χ0n) is 11.4. The summed E-state index contributed by atoms with van der Waals surface area (Å²) < 4.78 is 10.5. The van der Waals surface area contributed by atoms with Crippen molar-refractivity contribution in [1.82, 2.24) is 5.32 Å². The molecule has 2 N–H and O–H groups in total. The average Bonchev–Trinajstić information content (AvgIpc) is 2.84. The van der Waals surface area contributed by atoms with Crippen LogP contribution in [0.2, 0.25) is 0 Å². The maximum Gasteiger partial charge on any atom is 0.230 e. The van der Waals surface area contributed by atoms with Crippen molar-refractivity contribution in [3.8, 4) is 0 Å². The van der Waals surface area contributed by atoms with Gasteiger partial charge in [0.15, 0.2) is 5.76 Å². The molecule has 0 radical (unpaired) electrons. The van der Waals surface area contributed by atoms with Gasteiger partial charge in [-0.05, 0) is 18.4 Å². The zero-order chi connectivity index (χ0) is 13.8. The van der Waals surface area contributed by atoms with Crippen LogP contribution in [0.5, 0.6) is 0 Å². The molecule has 0 aromatic heterocycles. The second-order valence-electron chi connectivity index (χ2n) is 5.38. The number of hydrogen-bond donors (Lipinski definition) is 2. The predicted molar refractivity (Wildman–Crippen MR) is 69.8 cm³/mol. The molecule has 0 saturated heterocycles. The van der Waals surface area contributed by atoms with Crippen LogP contribution in [0.4, 0.5) is 0 Å². The van der Waals surface area contributed by atoms with Gasteiger partial charge in [-0.1, -0.05) is 19.9 Å². The summed E-state index contributed by atoms with van der Waals surface area (Å²) in [6, 6.07) is -0.183. The van der Waals surface area contributed by atoms with E-state index in [-0.39, 0.29) is 31.3 Å². The molecular weight excluding hydrogens is 246 g/mol. The Morgan fingerprint density at radius 3 is 3.00 bits per heavy atom. The molecule has 1 aliphatic carbocycles. The molecule has 0 aromatic rings. The van der Waals surface area contributed by atoms with E-state index in [0.717, 1.165) is 17.9 Å². The second kappa shape index (κ2) is 6.10. The summed E-state index contributed by atoms with van der Waals surface area (Å²) in [4.78, 5) is 12.1. The van der Waals surface area contributed by atoms with Crippen LogP contribution >= 0.6 is 0 Å². The lowest BCUT2D eigenvalue weighted by atomic mass is 9.96. The highest BCUT2D eigenvalue weighted by atomic mass is 16.7. The van der Waals surface area contributed by atoms with Gasteiger partial charge in [0, 0.05) is 6.42 Å². The van der Waals surface area contributed by atoms with Gasteiger partial charge in [0.2, 0.25) is 12.7 Å². The maximum atomic E-state index is 12.1. The lowest BCUT2D eigenvalue weighted by molar-refractivity contribution is -0.125. The summed E-state index contributed by atoms with van der Waals surface area (Å²) in [5.41, 5.74) is 0. The Kier molecular flexibility index (Phi) is 4.47. The van der Waals surface area contributed by atoms with Crippen LogP contribution in [-0.4, -0.2) is 30.5 Å². The molecule has 1 heterocycles. The van der Waals surface area contributed by atoms with Crippen LogP contribution < -0.4 is 5.32 Å². The van der Waals surface area contributed by atoms with Gasteiger partial charge in [0.25, 0.3) is 0 Å². The number of allylic oxidation sites excluding steroid dienone is 2. The normalized spacial score (nSPS) is 22.8. The van der Waals surface area contributed by atoms with Crippen LogP contribution in [0, 0.1) is 11.8 Å². The first-order valence-corrected chi connectivity index (χ1v) is 6.68. The third-order valence-electron chi connectivity index (χ3n) is 3.27. The van der Waals surface area contributed by atoms with Crippen molar-refractivity contribution in [2.45, 2.75) is 32.7 Å². The Labute approximate surface area is 113 Å². The largest absolute Gasteiger partial charge is 0.458 e. The highest BCUT2D eigenvalue weighted by molar-refractivity contribution is 5.81. The van der Waals surface area contributed by atoms with Gasteiger partial charge in [-0.25, -0.2) is 0 Å². The number of aliphatic hydroxyl groups excluding tert-OH is 1. The van der Waals surface area contributed by atoms with Crippen LogP contribution in [0.25, 0.3) is 0 Å². The van der Waals surface area contributed by atoms with E-state index in [4.69, 9.17) is 9.47 Å². The summed E-state index contributed by atoms with van der Waals surface area (Å²) in [6.45, 7) is 4.33. The lowest BCUT2D eigenvalue weighted by Crippen LogP contribution is -2.41. The number of amides is 1. The second-order valence-corrected chi connectivity index (χ2v) is 5.38. The van der Waals surface area contributed by atoms with Crippen LogP contribution in [0.1, 0.15) is 26.7 Å². The highest BCUT2D eigenvalue weighted by Crippen LogP contribution is 2.29. The van der Waals surface area contributed by atoms with Crippen LogP contribution in [-0.2, 0) is 14.3 Å². The molecule has 5 nitrogen and oxygen atoms in total. The van der Waals surface area contributed by atoms with Gasteiger partial charge in [-0.3, -0.25) is 4.79 Å². The molecule has 1 aliphatic heterocycles. The van der Waals surface area contributed by atoms with Crippen molar-refractivity contribution in [1.29, 1.82) is 0 Å². The van der Waals surface area contributed by atoms with E-state index < -0.39 is 0 Å². The van der Waals surface area contributed by atoms with Gasteiger partial charge in [-0.2, -0.15) is 0 Å². The zero-order valence-corrected chi connectivity index (χ0v) is 11.4. The number of hydrogen-bond acceptors (Lipinski definition) is 4. The molecular formula is C14H21NO4. The van der Waals surface area contributed by atoms with Crippen molar-refractivity contribution < 1.29 is 19.4 Å². The third kappa shape index (κ3) is 3.50. The van der Waals surface area contributed by atoms with Crippen molar-refractivity contribution in [3.05, 3.63) is 23.7 Å². The Morgan fingerprint density at radius 2 is 2.32 bits per heavy atom. The molecule has 2 atom stereocenters. The molecule has 1 amide bonds. The lowest BCUT2D eigenvalue weighted by Gasteiger charge is -2.22. The van der Waals surface area contributed by atoms with Crippen LogP contribution in [0.15, 0.2) is 23.7 Å². The highest BCUT2D eigenvalue weighted by Gasteiger charge is 2.28. The number of carbonyl (C=O) groups excluding carboxylic acids is 1. The molecule has 1 unspecified atom stereocenters. The number of aliphatic hydroxyl groups is 1. The predicted octanol–water partition coefficient (Wildman–Crippen LogP) is 1.30. The molecule has 0 saturated carbocycles.